The standard InChI is InChI=1S/C50H30O2/c1-4-14-31(15-5-1)34-26-27-38-43(30-34)45(33-18-8-3-9-19-33)36-20-10-11-21-37(36)46(38)41-24-12-23-39-40-28-29-42-47-35(32-16-6-2-7-17-32)22-13-25-44(47)51-50(42)49(40)52-48(39)41/h1-30H. The molecule has 242 valence electrons. The summed E-state index contributed by atoms with van der Waals surface area (Å²) >= 11 is 0. The average molecular weight is 663 g/mol. The maximum Gasteiger partial charge on any atom is 0.178 e. The van der Waals surface area contributed by atoms with Gasteiger partial charge in [0.2, 0.25) is 0 Å². The molecule has 0 bridgehead atoms. The van der Waals surface area contributed by atoms with Crippen LogP contribution in [0, 0.1) is 0 Å². The molecular formula is C50H30O2. The minimum Gasteiger partial charge on any atom is -0.452 e. The first-order valence-electron chi connectivity index (χ1n) is 17.8. The number of hydrogen-bond donors (Lipinski definition) is 0. The monoisotopic (exact) mass is 662 g/mol. The highest BCUT2D eigenvalue weighted by Crippen LogP contribution is 2.48. The molecule has 0 aliphatic carbocycles. The van der Waals surface area contributed by atoms with Gasteiger partial charge in [0.05, 0.1) is 0 Å². The van der Waals surface area contributed by atoms with E-state index >= 15 is 0 Å². The van der Waals surface area contributed by atoms with E-state index in [0.717, 1.165) is 60.6 Å². The van der Waals surface area contributed by atoms with E-state index in [1.807, 2.05) is 0 Å². The van der Waals surface area contributed by atoms with Gasteiger partial charge in [-0.25, -0.2) is 0 Å². The van der Waals surface area contributed by atoms with Crippen LogP contribution in [0.5, 0.6) is 0 Å². The second kappa shape index (κ2) is 11.3. The van der Waals surface area contributed by atoms with Crippen molar-refractivity contribution in [2.75, 3.05) is 0 Å². The van der Waals surface area contributed by atoms with Crippen LogP contribution in [0.1, 0.15) is 0 Å². The molecule has 9 aromatic carbocycles. The molecule has 0 unspecified atom stereocenters. The summed E-state index contributed by atoms with van der Waals surface area (Å²) in [5, 5.41) is 9.08. The van der Waals surface area contributed by atoms with E-state index in [-0.39, 0.29) is 0 Å². The smallest absolute Gasteiger partial charge is 0.178 e. The van der Waals surface area contributed by atoms with Crippen molar-refractivity contribution in [2.45, 2.75) is 0 Å². The number of hydrogen-bond acceptors (Lipinski definition) is 2. The van der Waals surface area contributed by atoms with Crippen molar-refractivity contribution in [3.05, 3.63) is 182 Å². The zero-order chi connectivity index (χ0) is 34.2. The third-order valence-electron chi connectivity index (χ3n) is 10.7. The highest BCUT2D eigenvalue weighted by molar-refractivity contribution is 6.26. The Morgan fingerprint density at radius 1 is 0.269 bits per heavy atom. The van der Waals surface area contributed by atoms with Crippen molar-refractivity contribution >= 4 is 65.4 Å². The van der Waals surface area contributed by atoms with Crippen LogP contribution in [0.4, 0.5) is 0 Å². The van der Waals surface area contributed by atoms with Gasteiger partial charge in [-0.2, -0.15) is 0 Å². The largest absolute Gasteiger partial charge is 0.452 e. The zero-order valence-corrected chi connectivity index (χ0v) is 28.1. The van der Waals surface area contributed by atoms with E-state index in [1.165, 1.54) is 49.4 Å². The molecule has 52 heavy (non-hydrogen) atoms. The Kier molecular flexibility index (Phi) is 6.28. The summed E-state index contributed by atoms with van der Waals surface area (Å²) in [7, 11) is 0. The molecule has 2 heterocycles. The average Bonchev–Trinajstić information content (AvgIpc) is 3.80. The first-order valence-corrected chi connectivity index (χ1v) is 17.8. The zero-order valence-electron chi connectivity index (χ0n) is 28.1. The van der Waals surface area contributed by atoms with E-state index in [2.05, 4.69) is 182 Å². The molecule has 2 heteroatoms. The van der Waals surface area contributed by atoms with Crippen molar-refractivity contribution in [1.29, 1.82) is 0 Å². The van der Waals surface area contributed by atoms with Gasteiger partial charge in [-0.1, -0.05) is 158 Å². The molecule has 0 atom stereocenters. The molecule has 0 N–H and O–H groups in total. The van der Waals surface area contributed by atoms with Crippen LogP contribution in [-0.4, -0.2) is 0 Å². The maximum absolute atomic E-state index is 7.04. The lowest BCUT2D eigenvalue weighted by Crippen LogP contribution is -1.92. The van der Waals surface area contributed by atoms with Gasteiger partial charge in [0, 0.05) is 32.7 Å². The second-order valence-electron chi connectivity index (χ2n) is 13.5. The van der Waals surface area contributed by atoms with E-state index < -0.39 is 0 Å². The van der Waals surface area contributed by atoms with Crippen LogP contribution in [0.3, 0.4) is 0 Å². The Morgan fingerprint density at radius 3 is 1.58 bits per heavy atom. The van der Waals surface area contributed by atoms with Gasteiger partial charge in [-0.15, -0.1) is 0 Å². The summed E-state index contributed by atoms with van der Waals surface area (Å²) in [4.78, 5) is 0. The predicted octanol–water partition coefficient (Wildman–Crippen LogP) is 14.5. The van der Waals surface area contributed by atoms with Crippen molar-refractivity contribution < 1.29 is 8.83 Å². The molecule has 2 nitrogen and oxygen atoms in total. The molecule has 0 aliphatic heterocycles. The lowest BCUT2D eigenvalue weighted by molar-refractivity contribution is 0.634. The Bertz CT molecular complexity index is 3150. The SMILES string of the molecule is c1ccc(-c2ccc3c(-c4cccc5c4oc4c5ccc5c4oc4cccc(-c6ccccc6)c45)c4ccccc4c(-c4ccccc4)c3c2)cc1. The number of fused-ring (bicyclic) bond motifs is 9. The second-order valence-corrected chi connectivity index (χ2v) is 13.5. The number of rotatable bonds is 4. The summed E-state index contributed by atoms with van der Waals surface area (Å²) in [5.41, 5.74) is 12.6. The van der Waals surface area contributed by atoms with Crippen LogP contribution in [-0.2, 0) is 0 Å². The lowest BCUT2D eigenvalue weighted by Gasteiger charge is -2.19. The Labute approximate surface area is 299 Å². The Balaban J connectivity index is 1.23. The summed E-state index contributed by atoms with van der Waals surface area (Å²) < 4.78 is 13.7. The molecule has 0 radical (unpaired) electrons. The van der Waals surface area contributed by atoms with Crippen LogP contribution in [0.25, 0.3) is 110 Å². The van der Waals surface area contributed by atoms with Crippen LogP contribution >= 0.6 is 0 Å². The fraction of sp³-hybridized carbons (Fsp3) is 0. The third-order valence-corrected chi connectivity index (χ3v) is 10.7. The Morgan fingerprint density at radius 2 is 0.808 bits per heavy atom. The fourth-order valence-electron chi connectivity index (χ4n) is 8.39. The van der Waals surface area contributed by atoms with Gasteiger partial charge < -0.3 is 8.83 Å². The quantitative estimate of drug-likeness (QED) is 0.175. The van der Waals surface area contributed by atoms with Gasteiger partial charge >= 0.3 is 0 Å². The van der Waals surface area contributed by atoms with Crippen LogP contribution in [0.2, 0.25) is 0 Å². The highest BCUT2D eigenvalue weighted by atomic mass is 16.4. The summed E-state index contributed by atoms with van der Waals surface area (Å²) in [6.45, 7) is 0. The van der Waals surface area contributed by atoms with E-state index in [4.69, 9.17) is 8.83 Å². The van der Waals surface area contributed by atoms with Crippen LogP contribution < -0.4 is 0 Å². The van der Waals surface area contributed by atoms with Gasteiger partial charge in [-0.3, -0.25) is 0 Å². The van der Waals surface area contributed by atoms with Crippen molar-refractivity contribution in [3.8, 4) is 44.5 Å². The Hall–Kier alpha value is -6.90. The summed E-state index contributed by atoms with van der Waals surface area (Å²) in [6.07, 6.45) is 0. The molecule has 0 fully saturated rings. The summed E-state index contributed by atoms with van der Waals surface area (Å²) in [6, 6.07) is 64.9. The lowest BCUT2D eigenvalue weighted by atomic mass is 9.84. The molecule has 0 spiro atoms. The molecule has 2 aromatic heterocycles. The summed E-state index contributed by atoms with van der Waals surface area (Å²) in [5.74, 6) is 0. The van der Waals surface area contributed by atoms with E-state index in [1.54, 1.807) is 0 Å². The molecule has 0 saturated heterocycles. The first-order chi connectivity index (χ1) is 25.8. The van der Waals surface area contributed by atoms with Gasteiger partial charge in [0.1, 0.15) is 11.2 Å². The normalized spacial score (nSPS) is 11.8. The van der Waals surface area contributed by atoms with E-state index in [0.29, 0.717) is 0 Å². The minimum atomic E-state index is 0.774. The first kappa shape index (κ1) is 28.9. The molecular weight excluding hydrogens is 633 g/mol. The number of benzene rings is 9. The van der Waals surface area contributed by atoms with Gasteiger partial charge in [0.25, 0.3) is 0 Å². The molecule has 0 amide bonds. The van der Waals surface area contributed by atoms with Crippen LogP contribution in [0.15, 0.2) is 191 Å². The number of furan rings is 2. The highest BCUT2D eigenvalue weighted by Gasteiger charge is 2.23. The topological polar surface area (TPSA) is 26.3 Å². The fourth-order valence-corrected chi connectivity index (χ4v) is 8.39. The number of para-hydroxylation sites is 1. The molecule has 0 aliphatic rings. The maximum atomic E-state index is 7.04. The van der Waals surface area contributed by atoms with Crippen molar-refractivity contribution in [1.82, 2.24) is 0 Å². The van der Waals surface area contributed by atoms with E-state index in [9.17, 15) is 0 Å². The third kappa shape index (κ3) is 4.25. The molecule has 11 aromatic rings. The molecule has 0 saturated carbocycles. The molecule has 11 rings (SSSR count). The van der Waals surface area contributed by atoms with Gasteiger partial charge in [0.15, 0.2) is 11.2 Å². The van der Waals surface area contributed by atoms with Gasteiger partial charge in [-0.05, 0) is 79.2 Å². The minimum absolute atomic E-state index is 0.774. The predicted molar refractivity (Wildman–Crippen MR) is 218 cm³/mol. The van der Waals surface area contributed by atoms with Crippen molar-refractivity contribution in [2.24, 2.45) is 0 Å². The van der Waals surface area contributed by atoms with Crippen molar-refractivity contribution in [3.63, 3.8) is 0 Å².